The van der Waals surface area contributed by atoms with Crippen molar-refractivity contribution in [3.8, 4) is 0 Å². The summed E-state index contributed by atoms with van der Waals surface area (Å²) in [5.41, 5.74) is 2.13. The van der Waals surface area contributed by atoms with E-state index in [-0.39, 0.29) is 27.7 Å². The van der Waals surface area contributed by atoms with Gasteiger partial charge in [-0.1, -0.05) is 60.7 Å². The largest absolute Gasteiger partial charge is 0.374 e. The highest BCUT2D eigenvalue weighted by atomic mass is 79.9. The first-order valence-corrected chi connectivity index (χ1v) is 11.0. The molecule has 4 rings (SSSR count). The summed E-state index contributed by atoms with van der Waals surface area (Å²) in [7, 11) is 0. The van der Waals surface area contributed by atoms with Gasteiger partial charge in [-0.25, -0.2) is 14.0 Å². The Balaban J connectivity index is 1.63. The van der Waals surface area contributed by atoms with E-state index in [2.05, 4.69) is 41.9 Å². The summed E-state index contributed by atoms with van der Waals surface area (Å²) in [6, 6.07) is 22.9. The number of rotatable bonds is 7. The first-order valence-electron chi connectivity index (χ1n) is 10.2. The minimum Gasteiger partial charge on any atom is -0.374 e. The van der Waals surface area contributed by atoms with Gasteiger partial charge in [0.05, 0.1) is 10.4 Å². The lowest BCUT2D eigenvalue weighted by Crippen LogP contribution is -2.24. The molecule has 10 heteroatoms. The van der Waals surface area contributed by atoms with Crippen LogP contribution in [0.1, 0.15) is 22.7 Å². The molecule has 34 heavy (non-hydrogen) atoms. The van der Waals surface area contributed by atoms with Crippen molar-refractivity contribution < 1.29 is 18.9 Å². The zero-order valence-corrected chi connectivity index (χ0v) is 19.2. The van der Waals surface area contributed by atoms with Gasteiger partial charge in [-0.15, -0.1) is 0 Å². The highest BCUT2D eigenvalue weighted by Crippen LogP contribution is 2.27. The first-order chi connectivity index (χ1) is 16.6. The minimum absolute atomic E-state index is 0.0164. The van der Waals surface area contributed by atoms with Gasteiger partial charge < -0.3 is 15.7 Å². The second kappa shape index (κ2) is 10.8. The van der Waals surface area contributed by atoms with E-state index < -0.39 is 18.5 Å². The summed E-state index contributed by atoms with van der Waals surface area (Å²) in [6.07, 6.45) is 0. The molecule has 0 saturated carbocycles. The van der Waals surface area contributed by atoms with E-state index in [1.807, 2.05) is 60.7 Å². The molecule has 4 aromatic rings. The van der Waals surface area contributed by atoms with Crippen LogP contribution in [0, 0.1) is 5.82 Å². The summed E-state index contributed by atoms with van der Waals surface area (Å²) in [4.78, 5) is 17.4. The van der Waals surface area contributed by atoms with Crippen molar-refractivity contribution in [3.05, 3.63) is 106 Å². The molecule has 1 heterocycles. The molecular formula is C24H19BrFN5O3. The van der Waals surface area contributed by atoms with Crippen LogP contribution >= 0.6 is 15.9 Å². The number of carbonyl (C=O) groups excluding carboxylic acids is 1. The SMILES string of the molecule is O=C(Nc1nonc1/C(=N/CO)Nc1ccc(F)c(Br)c1)C(c1ccccc1)c1ccccc1. The van der Waals surface area contributed by atoms with E-state index in [1.165, 1.54) is 18.2 Å². The molecule has 0 radical (unpaired) electrons. The van der Waals surface area contributed by atoms with Crippen LogP contribution in [0.4, 0.5) is 15.9 Å². The lowest BCUT2D eigenvalue weighted by molar-refractivity contribution is -0.116. The minimum atomic E-state index is -0.619. The number of nitrogens with zero attached hydrogens (tertiary/aromatic N) is 3. The number of aliphatic hydroxyl groups is 1. The number of carbonyl (C=O) groups is 1. The van der Waals surface area contributed by atoms with Crippen molar-refractivity contribution in [2.24, 2.45) is 4.99 Å². The molecule has 172 valence electrons. The predicted molar refractivity (Wildman–Crippen MR) is 129 cm³/mol. The molecule has 1 amide bonds. The molecule has 1 aromatic heterocycles. The van der Waals surface area contributed by atoms with Crippen molar-refractivity contribution in [3.63, 3.8) is 0 Å². The monoisotopic (exact) mass is 523 g/mol. The molecule has 0 spiro atoms. The maximum Gasteiger partial charge on any atom is 0.237 e. The molecule has 3 N–H and O–H groups in total. The van der Waals surface area contributed by atoms with Gasteiger partial charge in [-0.2, -0.15) is 0 Å². The van der Waals surface area contributed by atoms with Crippen LogP contribution in [0.25, 0.3) is 0 Å². The number of nitrogens with one attached hydrogen (secondary N) is 2. The number of benzene rings is 3. The average Bonchev–Trinajstić information content (AvgIpc) is 3.30. The van der Waals surface area contributed by atoms with Gasteiger partial charge in [-0.05, 0) is 55.6 Å². The Hall–Kier alpha value is -3.89. The summed E-state index contributed by atoms with van der Waals surface area (Å²) in [6.45, 7) is -0.568. The highest BCUT2D eigenvalue weighted by molar-refractivity contribution is 9.10. The van der Waals surface area contributed by atoms with Crippen LogP contribution in [-0.4, -0.2) is 33.9 Å². The summed E-state index contributed by atoms with van der Waals surface area (Å²) < 4.78 is 18.7. The normalized spacial score (nSPS) is 11.5. The Morgan fingerprint density at radius 1 is 1.00 bits per heavy atom. The summed E-state index contributed by atoms with van der Waals surface area (Å²) in [5, 5.41) is 22.7. The van der Waals surface area contributed by atoms with E-state index in [0.717, 1.165) is 11.1 Å². The number of aliphatic hydroxyl groups excluding tert-OH is 1. The van der Waals surface area contributed by atoms with Crippen LogP contribution < -0.4 is 10.6 Å². The lowest BCUT2D eigenvalue weighted by atomic mass is 9.90. The highest BCUT2D eigenvalue weighted by Gasteiger charge is 2.26. The number of anilines is 2. The van der Waals surface area contributed by atoms with Gasteiger partial charge in [0.15, 0.2) is 11.5 Å². The zero-order chi connectivity index (χ0) is 23.9. The van der Waals surface area contributed by atoms with Crippen LogP contribution in [-0.2, 0) is 4.79 Å². The van der Waals surface area contributed by atoms with Crippen molar-refractivity contribution in [1.29, 1.82) is 0 Å². The second-order valence-electron chi connectivity index (χ2n) is 7.11. The van der Waals surface area contributed by atoms with Crippen LogP contribution in [0.5, 0.6) is 0 Å². The predicted octanol–water partition coefficient (Wildman–Crippen LogP) is 4.55. The van der Waals surface area contributed by atoms with Gasteiger partial charge in [0.25, 0.3) is 0 Å². The molecule has 0 aliphatic carbocycles. The summed E-state index contributed by atoms with van der Waals surface area (Å²) >= 11 is 3.12. The third kappa shape index (κ3) is 5.36. The quantitative estimate of drug-likeness (QED) is 0.242. The number of aliphatic imine (C=N–C) groups is 1. The fourth-order valence-electron chi connectivity index (χ4n) is 3.36. The number of hydrogen-bond acceptors (Lipinski definition) is 6. The zero-order valence-electron chi connectivity index (χ0n) is 17.7. The van der Waals surface area contributed by atoms with Gasteiger partial charge in [-0.3, -0.25) is 4.79 Å². The number of amidine groups is 1. The topological polar surface area (TPSA) is 113 Å². The molecule has 3 aromatic carbocycles. The van der Waals surface area contributed by atoms with Crippen molar-refractivity contribution in [2.75, 3.05) is 17.4 Å². The number of amides is 1. The average molecular weight is 524 g/mol. The van der Waals surface area contributed by atoms with Gasteiger partial charge >= 0.3 is 0 Å². The Bertz CT molecular complexity index is 1260. The van der Waals surface area contributed by atoms with E-state index in [4.69, 9.17) is 4.63 Å². The third-order valence-corrected chi connectivity index (χ3v) is 5.50. The Morgan fingerprint density at radius 2 is 1.65 bits per heavy atom. The second-order valence-corrected chi connectivity index (χ2v) is 7.96. The van der Waals surface area contributed by atoms with Gasteiger partial charge in [0, 0.05) is 5.69 Å². The van der Waals surface area contributed by atoms with Crippen LogP contribution in [0.2, 0.25) is 0 Å². The van der Waals surface area contributed by atoms with E-state index in [1.54, 1.807) is 0 Å². The first kappa shape index (κ1) is 23.3. The molecule has 0 atom stereocenters. The van der Waals surface area contributed by atoms with Crippen LogP contribution in [0.3, 0.4) is 0 Å². The molecule has 0 bridgehead atoms. The maximum atomic E-state index is 13.6. The number of halogens is 2. The maximum absolute atomic E-state index is 13.6. The fraction of sp³-hybridized carbons (Fsp3) is 0.0833. The molecule has 0 unspecified atom stereocenters. The van der Waals surface area contributed by atoms with Crippen molar-refractivity contribution in [2.45, 2.75) is 5.92 Å². The summed E-state index contributed by atoms with van der Waals surface area (Å²) in [5.74, 6) is -1.32. The molecular weight excluding hydrogens is 505 g/mol. The van der Waals surface area contributed by atoms with E-state index in [0.29, 0.717) is 5.69 Å². The van der Waals surface area contributed by atoms with E-state index in [9.17, 15) is 14.3 Å². The molecule has 0 fully saturated rings. The van der Waals surface area contributed by atoms with Crippen molar-refractivity contribution >= 4 is 39.2 Å². The van der Waals surface area contributed by atoms with Gasteiger partial charge in [0.2, 0.25) is 11.7 Å². The van der Waals surface area contributed by atoms with E-state index >= 15 is 0 Å². The lowest BCUT2D eigenvalue weighted by Gasteiger charge is -2.17. The number of aromatic nitrogens is 2. The van der Waals surface area contributed by atoms with Gasteiger partial charge in [0.1, 0.15) is 12.5 Å². The molecule has 0 aliphatic rings. The Kier molecular flexibility index (Phi) is 7.41. The standard InChI is InChI=1S/C24H19BrFN5O3/c25-18-13-17(11-12-19(18)26)28-22(27-14-32)21-23(31-34-30-21)29-24(33)20(15-7-3-1-4-8-15)16-9-5-2-6-10-16/h1-13,20,32H,14H2,(H,27,28)(H,29,31,33). The third-order valence-electron chi connectivity index (χ3n) is 4.89. The number of hydrogen-bond donors (Lipinski definition) is 3. The molecule has 0 aliphatic heterocycles. The fourth-order valence-corrected chi connectivity index (χ4v) is 3.73. The molecule has 0 saturated heterocycles. The Morgan fingerprint density at radius 3 is 2.24 bits per heavy atom. The Labute approximate surface area is 202 Å². The smallest absolute Gasteiger partial charge is 0.237 e. The van der Waals surface area contributed by atoms with Crippen molar-refractivity contribution in [1.82, 2.24) is 10.3 Å². The van der Waals surface area contributed by atoms with Crippen LogP contribution in [0.15, 0.2) is 93.0 Å². The molecule has 8 nitrogen and oxygen atoms in total.